The van der Waals surface area contributed by atoms with E-state index in [1.807, 2.05) is 30.3 Å². The minimum Gasteiger partial charge on any atom is -0.406 e. The summed E-state index contributed by atoms with van der Waals surface area (Å²) in [7, 11) is 1.42. The zero-order valence-corrected chi connectivity index (χ0v) is 38.5. The van der Waals surface area contributed by atoms with Crippen molar-refractivity contribution in [1.82, 2.24) is 31.4 Å². The highest BCUT2D eigenvalue weighted by Crippen LogP contribution is 2.27. The van der Waals surface area contributed by atoms with Crippen LogP contribution >= 0.6 is 0 Å². The van der Waals surface area contributed by atoms with E-state index >= 15 is 0 Å². The highest BCUT2D eigenvalue weighted by atomic mass is 19.4. The largest absolute Gasteiger partial charge is 0.573 e. The van der Waals surface area contributed by atoms with Gasteiger partial charge < -0.3 is 30.7 Å². The molecule has 7 atom stereocenters. The first kappa shape index (κ1) is 54.9. The van der Waals surface area contributed by atoms with E-state index in [0.29, 0.717) is 42.7 Å². The minimum absolute atomic E-state index is 0.0867. The molecule has 0 spiro atoms. The smallest absolute Gasteiger partial charge is 0.406 e. The summed E-state index contributed by atoms with van der Waals surface area (Å²) in [5.41, 5.74) is -0.0261. The molecule has 0 aromatic heterocycles. The molecule has 5 N–H and O–H groups in total. The molecule has 0 saturated heterocycles. The van der Waals surface area contributed by atoms with Crippen molar-refractivity contribution in [1.29, 1.82) is 0 Å². The number of nitrogens with one attached hydrogen (secondary N) is 4. The van der Waals surface area contributed by atoms with Crippen molar-refractivity contribution in [3.05, 3.63) is 65.7 Å². The van der Waals surface area contributed by atoms with Crippen LogP contribution in [0.25, 0.3) is 0 Å². The molecule has 0 aliphatic rings. The number of alkyl halides is 3. The summed E-state index contributed by atoms with van der Waals surface area (Å²) >= 11 is 0. The van der Waals surface area contributed by atoms with Crippen LogP contribution < -0.4 is 26.0 Å². The molecule has 2 aromatic rings. The molecule has 0 aliphatic heterocycles. The van der Waals surface area contributed by atoms with Gasteiger partial charge in [-0.2, -0.15) is 0 Å². The third-order valence-corrected chi connectivity index (χ3v) is 10.8. The molecule has 1 unspecified atom stereocenters. The molecule has 0 radical (unpaired) electrons. The lowest BCUT2D eigenvalue weighted by Crippen LogP contribution is -2.58. The average Bonchev–Trinajstić information content (AvgIpc) is 3.23. The van der Waals surface area contributed by atoms with Gasteiger partial charge in [0.2, 0.25) is 36.4 Å². The van der Waals surface area contributed by atoms with E-state index < -0.39 is 95.4 Å². The molecule has 2 rings (SSSR count). The number of ether oxygens (including phenoxy) is 2. The van der Waals surface area contributed by atoms with Gasteiger partial charge in [0.15, 0.2) is 6.79 Å². The van der Waals surface area contributed by atoms with Crippen molar-refractivity contribution in [2.45, 2.75) is 131 Å². The topological polar surface area (TPSA) is 205 Å². The summed E-state index contributed by atoms with van der Waals surface area (Å²) in [6.45, 7) is 14.9. The predicted octanol–water partition coefficient (Wildman–Crippen LogP) is 5.07. The van der Waals surface area contributed by atoms with E-state index in [9.17, 15) is 47.1 Å². The SMILES string of the molecule is CCC(COCON(C=O)[C@@H](C)[C@@H](Cc1ccc(OC(F)(F)F)cc1)C(=O)N[C@H](C(=O)NC)C(C)(C)C)NC(=O)[C@@H](NC(=O)[C@H](CCCc1ccccc1)[C@H](C)N(O)C=O)C(C)(C)C. The van der Waals surface area contributed by atoms with E-state index in [-0.39, 0.29) is 19.4 Å². The van der Waals surface area contributed by atoms with Crippen LogP contribution in [0.3, 0.4) is 0 Å². The fraction of sp³-hybridized carbons (Fsp3) is 0.600. The molecule has 6 amide bonds. The van der Waals surface area contributed by atoms with Gasteiger partial charge in [-0.25, -0.2) is 15.0 Å². The number of benzene rings is 2. The number of hydrogen-bond acceptors (Lipinski definition) is 10. The lowest BCUT2D eigenvalue weighted by Gasteiger charge is -2.35. The number of nitrogens with zero attached hydrogens (tertiary/aromatic N) is 2. The Hall–Kier alpha value is -5.27. The molecule has 16 nitrogen and oxygen atoms in total. The van der Waals surface area contributed by atoms with Crippen molar-refractivity contribution >= 4 is 36.4 Å². The standard InChI is InChI=1S/C45H67F3N6O10/c1-11-33(50-42(60)38(44(7,8)9)52-39(57)35(29(2)53(61)26-55)19-15-18-31-16-13-12-14-17-31)25-62-28-63-54(27-56)30(3)36(40(58)51-37(41(59)49-10)43(4,5)6)24-32-20-22-34(23-21-32)64-45(46,47)48/h12-14,16-17,20-23,26-27,29-30,33,35-38,61H,11,15,18-19,24-25,28H2,1-10H3,(H,49,59)(H,50,60)(H,51,58)(H,52,57)/t29-,30-,33?,35+,36+,37+,38+/m0/s1. The molecule has 64 heavy (non-hydrogen) atoms. The molecular formula is C45H67F3N6O10. The summed E-state index contributed by atoms with van der Waals surface area (Å²) < 4.78 is 48.1. The van der Waals surface area contributed by atoms with Gasteiger partial charge in [-0.1, -0.05) is 90.9 Å². The van der Waals surface area contributed by atoms with Crippen LogP contribution in [0.4, 0.5) is 13.2 Å². The van der Waals surface area contributed by atoms with Gasteiger partial charge in [-0.05, 0) is 80.0 Å². The Morgan fingerprint density at radius 2 is 1.31 bits per heavy atom. The zero-order chi connectivity index (χ0) is 48.4. The Bertz CT molecular complexity index is 1790. The molecular weight excluding hydrogens is 842 g/mol. The van der Waals surface area contributed by atoms with Gasteiger partial charge in [-0.3, -0.25) is 34.0 Å². The van der Waals surface area contributed by atoms with Crippen LogP contribution in [-0.2, 0) is 51.2 Å². The number of likely N-dealkylation sites (N-methyl/N-ethyl adjacent to an activating group) is 1. The molecule has 0 fully saturated rings. The molecule has 19 heteroatoms. The van der Waals surface area contributed by atoms with Crippen LogP contribution in [0.2, 0.25) is 0 Å². The van der Waals surface area contributed by atoms with Gasteiger partial charge in [0, 0.05) is 7.05 Å². The van der Waals surface area contributed by atoms with Crippen molar-refractivity contribution < 1.29 is 61.5 Å². The maximum Gasteiger partial charge on any atom is 0.573 e. The van der Waals surface area contributed by atoms with Crippen molar-refractivity contribution in [2.24, 2.45) is 22.7 Å². The normalized spacial score (nSPS) is 15.2. The fourth-order valence-corrected chi connectivity index (χ4v) is 6.86. The van der Waals surface area contributed by atoms with Gasteiger partial charge >= 0.3 is 6.36 Å². The second-order valence-electron chi connectivity index (χ2n) is 17.9. The summed E-state index contributed by atoms with van der Waals surface area (Å²) in [5.74, 6) is -4.53. The van der Waals surface area contributed by atoms with Crippen LogP contribution in [0, 0.1) is 22.7 Å². The third-order valence-electron chi connectivity index (χ3n) is 10.8. The van der Waals surface area contributed by atoms with Gasteiger partial charge in [0.05, 0.1) is 36.6 Å². The van der Waals surface area contributed by atoms with Crippen molar-refractivity contribution in [2.75, 3.05) is 20.4 Å². The molecule has 2 aromatic carbocycles. The molecule has 0 bridgehead atoms. The molecule has 0 saturated carbocycles. The fourth-order valence-electron chi connectivity index (χ4n) is 6.86. The second kappa shape index (κ2) is 25.3. The van der Waals surface area contributed by atoms with Crippen LogP contribution in [0.1, 0.15) is 92.7 Å². The van der Waals surface area contributed by atoms with Crippen LogP contribution in [0.5, 0.6) is 5.75 Å². The van der Waals surface area contributed by atoms with Gasteiger partial charge in [-0.15, -0.1) is 13.2 Å². The molecule has 358 valence electrons. The Balaban J connectivity index is 2.19. The first-order valence-corrected chi connectivity index (χ1v) is 21.2. The monoisotopic (exact) mass is 908 g/mol. The molecule has 0 aliphatic carbocycles. The summed E-state index contributed by atoms with van der Waals surface area (Å²) in [5, 5.41) is 22.6. The number of amides is 6. The summed E-state index contributed by atoms with van der Waals surface area (Å²) in [6.07, 6.45) is -2.48. The number of rotatable bonds is 26. The number of aryl methyl sites for hydroxylation is 1. The Morgan fingerprint density at radius 1 is 0.750 bits per heavy atom. The molecule has 0 heterocycles. The number of hydroxylamine groups is 4. The van der Waals surface area contributed by atoms with Crippen molar-refractivity contribution in [3.63, 3.8) is 0 Å². The van der Waals surface area contributed by atoms with Gasteiger partial charge in [0.25, 0.3) is 0 Å². The van der Waals surface area contributed by atoms with E-state index in [1.165, 1.54) is 26.1 Å². The zero-order valence-electron chi connectivity index (χ0n) is 38.5. The van der Waals surface area contributed by atoms with Crippen LogP contribution in [0.15, 0.2) is 54.6 Å². The first-order valence-electron chi connectivity index (χ1n) is 21.2. The predicted molar refractivity (Wildman–Crippen MR) is 231 cm³/mol. The van der Waals surface area contributed by atoms with E-state index in [0.717, 1.165) is 22.8 Å². The number of halogens is 3. The number of hydrogen-bond donors (Lipinski definition) is 5. The van der Waals surface area contributed by atoms with E-state index in [1.54, 1.807) is 55.4 Å². The summed E-state index contributed by atoms with van der Waals surface area (Å²) in [4.78, 5) is 83.8. The highest BCUT2D eigenvalue weighted by molar-refractivity contribution is 5.90. The number of carbonyl (C=O) groups excluding carboxylic acids is 6. The Kier molecular flexibility index (Phi) is 21.7. The average molecular weight is 909 g/mol. The maximum atomic E-state index is 13.9. The van der Waals surface area contributed by atoms with E-state index in [4.69, 9.17) is 9.57 Å². The lowest BCUT2D eigenvalue weighted by atomic mass is 9.84. The Morgan fingerprint density at radius 3 is 1.81 bits per heavy atom. The lowest BCUT2D eigenvalue weighted by molar-refractivity contribution is -0.274. The quantitative estimate of drug-likeness (QED) is 0.0279. The minimum atomic E-state index is -4.91. The maximum absolute atomic E-state index is 13.9. The number of carbonyl (C=O) groups is 6. The highest BCUT2D eigenvalue weighted by Gasteiger charge is 2.39. The van der Waals surface area contributed by atoms with E-state index in [2.05, 4.69) is 26.0 Å². The summed E-state index contributed by atoms with van der Waals surface area (Å²) in [6, 6.07) is 10.0. The third kappa shape index (κ3) is 18.1. The first-order chi connectivity index (χ1) is 29.9. The van der Waals surface area contributed by atoms with Crippen molar-refractivity contribution in [3.8, 4) is 5.75 Å². The second-order valence-corrected chi connectivity index (χ2v) is 17.9. The Labute approximate surface area is 374 Å². The van der Waals surface area contributed by atoms with Gasteiger partial charge in [0.1, 0.15) is 17.8 Å². The van der Waals surface area contributed by atoms with Crippen LogP contribution in [-0.4, -0.2) is 109 Å².